The summed E-state index contributed by atoms with van der Waals surface area (Å²) in [5.74, 6) is -0.0354. The zero-order valence-corrected chi connectivity index (χ0v) is 14.2. The number of hydrogen-bond donors (Lipinski definition) is 0. The third kappa shape index (κ3) is 3.24. The van der Waals surface area contributed by atoms with Crippen LogP contribution in [-0.2, 0) is 22.7 Å². The van der Waals surface area contributed by atoms with E-state index in [1.165, 1.54) is 22.2 Å². The van der Waals surface area contributed by atoms with Gasteiger partial charge in [-0.1, -0.05) is 18.2 Å². The molecule has 0 aliphatic rings. The molecule has 1 aromatic carbocycles. The van der Waals surface area contributed by atoms with Crippen molar-refractivity contribution in [3.05, 3.63) is 64.4 Å². The lowest BCUT2D eigenvalue weighted by Crippen LogP contribution is -2.25. The van der Waals surface area contributed by atoms with Crippen LogP contribution >= 0.6 is 11.3 Å². The Hall–Kier alpha value is -3.33. The molecule has 0 aliphatic carbocycles. The SMILES string of the molecule is O=C(Cn1cnc2ccccc2c1=O)OCc1nnc(-c2cccs2)o1. The highest BCUT2D eigenvalue weighted by Crippen LogP contribution is 2.23. The van der Waals surface area contributed by atoms with Crippen LogP contribution in [0.25, 0.3) is 21.7 Å². The Bertz CT molecular complexity index is 1120. The predicted octanol–water partition coefficient (Wildman–Crippen LogP) is 2.25. The average molecular weight is 368 g/mol. The van der Waals surface area contributed by atoms with E-state index in [1.807, 2.05) is 17.5 Å². The Kier molecular flexibility index (Phi) is 4.28. The number of aromatic nitrogens is 4. The lowest BCUT2D eigenvalue weighted by molar-refractivity contribution is -0.146. The summed E-state index contributed by atoms with van der Waals surface area (Å²) in [6.07, 6.45) is 1.33. The van der Waals surface area contributed by atoms with E-state index >= 15 is 0 Å². The summed E-state index contributed by atoms with van der Waals surface area (Å²) in [5, 5.41) is 10.1. The van der Waals surface area contributed by atoms with Gasteiger partial charge in [0.2, 0.25) is 0 Å². The zero-order chi connectivity index (χ0) is 17.9. The molecular weight excluding hydrogens is 356 g/mol. The van der Waals surface area contributed by atoms with Gasteiger partial charge in [0.05, 0.1) is 22.1 Å². The van der Waals surface area contributed by atoms with E-state index < -0.39 is 5.97 Å². The number of esters is 1. The largest absolute Gasteiger partial charge is 0.454 e. The Labute approximate surface area is 150 Å². The summed E-state index contributed by atoms with van der Waals surface area (Å²) in [7, 11) is 0. The minimum absolute atomic E-state index is 0.160. The van der Waals surface area contributed by atoms with Crippen molar-refractivity contribution in [3.63, 3.8) is 0 Å². The Morgan fingerprint density at radius 3 is 2.92 bits per heavy atom. The van der Waals surface area contributed by atoms with Crippen LogP contribution in [0.3, 0.4) is 0 Å². The molecule has 8 nitrogen and oxygen atoms in total. The highest BCUT2D eigenvalue weighted by molar-refractivity contribution is 7.13. The summed E-state index contributed by atoms with van der Waals surface area (Å²) in [6.45, 7) is -0.407. The fraction of sp³-hybridized carbons (Fsp3) is 0.118. The molecule has 0 spiro atoms. The number of carbonyl (C=O) groups excluding carboxylic acids is 1. The standard InChI is InChI=1S/C17H12N4O4S/c22-15(8-21-10-18-12-5-2-1-4-11(12)17(21)23)24-9-14-19-20-16(25-14)13-6-3-7-26-13/h1-7,10H,8-9H2. The second kappa shape index (κ2) is 6.89. The smallest absolute Gasteiger partial charge is 0.326 e. The van der Waals surface area contributed by atoms with Crippen LogP contribution in [0.5, 0.6) is 0 Å². The van der Waals surface area contributed by atoms with Crippen molar-refractivity contribution in [2.45, 2.75) is 13.2 Å². The van der Waals surface area contributed by atoms with Crippen LogP contribution in [0.4, 0.5) is 0 Å². The first-order chi connectivity index (χ1) is 12.7. The summed E-state index contributed by atoms with van der Waals surface area (Å²) in [4.78, 5) is 29.4. The summed E-state index contributed by atoms with van der Waals surface area (Å²) in [6, 6.07) is 10.7. The second-order valence-electron chi connectivity index (χ2n) is 5.33. The van der Waals surface area contributed by atoms with Crippen molar-refractivity contribution < 1.29 is 13.9 Å². The van der Waals surface area contributed by atoms with Gasteiger partial charge in [-0.15, -0.1) is 21.5 Å². The first kappa shape index (κ1) is 16.2. The number of rotatable bonds is 5. The highest BCUT2D eigenvalue weighted by atomic mass is 32.1. The first-order valence-electron chi connectivity index (χ1n) is 7.67. The van der Waals surface area contributed by atoms with E-state index in [0.717, 1.165) is 4.88 Å². The van der Waals surface area contributed by atoms with E-state index in [2.05, 4.69) is 15.2 Å². The minimum atomic E-state index is -0.597. The van der Waals surface area contributed by atoms with Gasteiger partial charge < -0.3 is 9.15 Å². The van der Waals surface area contributed by atoms with Gasteiger partial charge in [-0.3, -0.25) is 14.2 Å². The lowest BCUT2D eigenvalue weighted by atomic mass is 10.2. The fourth-order valence-corrected chi connectivity index (χ4v) is 3.00. The third-order valence-electron chi connectivity index (χ3n) is 3.59. The molecular formula is C17H12N4O4S. The number of thiophene rings is 1. The maximum Gasteiger partial charge on any atom is 0.326 e. The van der Waals surface area contributed by atoms with Gasteiger partial charge in [-0.05, 0) is 23.6 Å². The molecule has 0 radical (unpaired) electrons. The van der Waals surface area contributed by atoms with Gasteiger partial charge in [-0.2, -0.15) is 0 Å². The van der Waals surface area contributed by atoms with Crippen molar-refractivity contribution in [2.24, 2.45) is 0 Å². The minimum Gasteiger partial charge on any atom is -0.454 e. The van der Waals surface area contributed by atoms with Gasteiger partial charge in [0.25, 0.3) is 17.3 Å². The average Bonchev–Trinajstić information content (AvgIpc) is 3.34. The van der Waals surface area contributed by atoms with Crippen LogP contribution in [0, 0.1) is 0 Å². The Balaban J connectivity index is 1.42. The van der Waals surface area contributed by atoms with Crippen molar-refractivity contribution in [1.82, 2.24) is 19.7 Å². The Morgan fingerprint density at radius 1 is 1.19 bits per heavy atom. The molecule has 0 amide bonds. The molecule has 0 saturated carbocycles. The van der Waals surface area contributed by atoms with E-state index in [9.17, 15) is 9.59 Å². The highest BCUT2D eigenvalue weighted by Gasteiger charge is 2.13. The zero-order valence-electron chi connectivity index (χ0n) is 13.4. The van der Waals surface area contributed by atoms with Gasteiger partial charge in [0.15, 0.2) is 6.61 Å². The molecule has 0 unspecified atom stereocenters. The van der Waals surface area contributed by atoms with Crippen molar-refractivity contribution in [1.29, 1.82) is 0 Å². The molecule has 3 aromatic heterocycles. The molecule has 26 heavy (non-hydrogen) atoms. The molecule has 4 aromatic rings. The molecule has 130 valence electrons. The quantitative estimate of drug-likeness (QED) is 0.498. The summed E-state index contributed by atoms with van der Waals surface area (Å²) < 4.78 is 11.8. The van der Waals surface area contributed by atoms with Gasteiger partial charge in [-0.25, -0.2) is 4.98 Å². The summed E-state index contributed by atoms with van der Waals surface area (Å²) >= 11 is 1.47. The molecule has 0 aliphatic heterocycles. The molecule has 0 atom stereocenters. The molecule has 9 heteroatoms. The topological polar surface area (TPSA) is 100 Å². The van der Waals surface area contributed by atoms with Crippen LogP contribution in [0.15, 0.2) is 57.3 Å². The molecule has 0 N–H and O–H groups in total. The molecule has 3 heterocycles. The number of nitrogens with zero attached hydrogens (tertiary/aromatic N) is 4. The number of hydrogen-bond acceptors (Lipinski definition) is 8. The monoisotopic (exact) mass is 368 g/mol. The summed E-state index contributed by atoms with van der Waals surface area (Å²) in [5.41, 5.74) is 0.277. The number of benzene rings is 1. The molecule has 4 rings (SSSR count). The third-order valence-corrected chi connectivity index (χ3v) is 4.44. The van der Waals surface area contributed by atoms with Crippen LogP contribution < -0.4 is 5.56 Å². The second-order valence-corrected chi connectivity index (χ2v) is 6.28. The van der Waals surface area contributed by atoms with Gasteiger partial charge in [0, 0.05) is 0 Å². The molecule has 0 bridgehead atoms. The van der Waals surface area contributed by atoms with Crippen molar-refractivity contribution in [3.8, 4) is 10.8 Å². The molecule has 0 fully saturated rings. The number of fused-ring (bicyclic) bond motifs is 1. The van der Waals surface area contributed by atoms with Crippen LogP contribution in [0.1, 0.15) is 5.89 Å². The van der Waals surface area contributed by atoms with E-state index in [1.54, 1.807) is 24.3 Å². The molecule has 0 saturated heterocycles. The van der Waals surface area contributed by atoms with Crippen LogP contribution in [-0.4, -0.2) is 25.7 Å². The van der Waals surface area contributed by atoms with Crippen LogP contribution in [0.2, 0.25) is 0 Å². The van der Waals surface area contributed by atoms with Crippen molar-refractivity contribution in [2.75, 3.05) is 0 Å². The van der Waals surface area contributed by atoms with E-state index in [4.69, 9.17) is 9.15 Å². The maximum atomic E-state index is 12.3. The predicted molar refractivity (Wildman–Crippen MR) is 93.4 cm³/mol. The van der Waals surface area contributed by atoms with Crippen molar-refractivity contribution >= 4 is 28.2 Å². The van der Waals surface area contributed by atoms with E-state index in [-0.39, 0.29) is 24.6 Å². The normalized spacial score (nSPS) is 10.9. The van der Waals surface area contributed by atoms with Gasteiger partial charge >= 0.3 is 5.97 Å². The Morgan fingerprint density at radius 2 is 2.08 bits per heavy atom. The number of carbonyl (C=O) groups is 1. The number of ether oxygens (including phenoxy) is 1. The van der Waals surface area contributed by atoms with E-state index in [0.29, 0.717) is 16.8 Å². The fourth-order valence-electron chi connectivity index (χ4n) is 2.36. The first-order valence-corrected chi connectivity index (χ1v) is 8.55. The number of para-hydroxylation sites is 1. The maximum absolute atomic E-state index is 12.3. The lowest BCUT2D eigenvalue weighted by Gasteiger charge is -2.06. The van der Waals surface area contributed by atoms with Gasteiger partial charge in [0.1, 0.15) is 6.54 Å².